The van der Waals surface area contributed by atoms with Crippen molar-refractivity contribution >= 4 is 10.9 Å². The van der Waals surface area contributed by atoms with E-state index in [9.17, 15) is 4.39 Å². The molecule has 2 N–H and O–H groups in total. The second-order valence-electron chi connectivity index (χ2n) is 3.33. The van der Waals surface area contributed by atoms with Crippen molar-refractivity contribution in [2.75, 3.05) is 6.61 Å². The van der Waals surface area contributed by atoms with Crippen molar-refractivity contribution < 1.29 is 9.50 Å². The third-order valence-electron chi connectivity index (χ3n) is 2.31. The molecule has 14 heavy (non-hydrogen) atoms. The maximum atomic E-state index is 13.1. The summed E-state index contributed by atoms with van der Waals surface area (Å²) in [6.45, 7) is 0.138. The number of hydrogen-bond acceptors (Lipinski definition) is 1. The van der Waals surface area contributed by atoms with Gasteiger partial charge in [-0.25, -0.2) is 4.39 Å². The number of aryl methyl sites for hydroxylation is 1. The van der Waals surface area contributed by atoms with Crippen LogP contribution in [-0.2, 0) is 6.42 Å². The molecule has 74 valence electrons. The summed E-state index contributed by atoms with van der Waals surface area (Å²) in [5, 5.41) is 9.60. The Morgan fingerprint density at radius 3 is 3.00 bits per heavy atom. The number of fused-ring (bicyclic) bond motifs is 1. The lowest BCUT2D eigenvalue weighted by Gasteiger charge is -2.02. The molecule has 0 aliphatic heterocycles. The van der Waals surface area contributed by atoms with Gasteiger partial charge in [-0.1, -0.05) is 0 Å². The fraction of sp³-hybridized carbons (Fsp3) is 0.273. The van der Waals surface area contributed by atoms with Gasteiger partial charge in [0.1, 0.15) is 5.82 Å². The first-order valence-electron chi connectivity index (χ1n) is 4.67. The summed E-state index contributed by atoms with van der Waals surface area (Å²) in [7, 11) is 0. The Morgan fingerprint density at radius 1 is 1.36 bits per heavy atom. The number of benzene rings is 1. The van der Waals surface area contributed by atoms with Crippen LogP contribution in [0.1, 0.15) is 12.0 Å². The Balaban J connectivity index is 2.44. The number of nitrogens with one attached hydrogen (secondary N) is 1. The van der Waals surface area contributed by atoms with Gasteiger partial charge < -0.3 is 10.1 Å². The zero-order valence-electron chi connectivity index (χ0n) is 7.76. The lowest BCUT2D eigenvalue weighted by atomic mass is 10.1. The first-order chi connectivity index (χ1) is 6.81. The van der Waals surface area contributed by atoms with Crippen molar-refractivity contribution in [1.82, 2.24) is 4.98 Å². The van der Waals surface area contributed by atoms with E-state index in [1.165, 1.54) is 12.1 Å². The van der Waals surface area contributed by atoms with Crippen LogP contribution in [-0.4, -0.2) is 16.7 Å². The molecule has 0 unspecified atom stereocenters. The molecule has 0 fully saturated rings. The van der Waals surface area contributed by atoms with Gasteiger partial charge in [-0.2, -0.15) is 0 Å². The molecule has 2 nitrogen and oxygen atoms in total. The van der Waals surface area contributed by atoms with Crippen LogP contribution < -0.4 is 0 Å². The number of halogens is 1. The Morgan fingerprint density at radius 2 is 2.21 bits per heavy atom. The highest BCUT2D eigenvalue weighted by molar-refractivity contribution is 5.82. The summed E-state index contributed by atoms with van der Waals surface area (Å²) in [6, 6.07) is 4.88. The maximum absolute atomic E-state index is 13.1. The topological polar surface area (TPSA) is 36.0 Å². The molecule has 1 heterocycles. The van der Waals surface area contributed by atoms with Gasteiger partial charge in [0.15, 0.2) is 0 Å². The van der Waals surface area contributed by atoms with Crippen LogP contribution in [0.5, 0.6) is 0 Å². The molecule has 0 atom stereocenters. The average molecular weight is 193 g/mol. The lowest BCUT2D eigenvalue weighted by Crippen LogP contribution is -1.92. The average Bonchev–Trinajstić information content (AvgIpc) is 2.61. The van der Waals surface area contributed by atoms with E-state index in [1.54, 1.807) is 6.20 Å². The SMILES string of the molecule is OCCCc1cc(F)cc2cc[nH]c12. The second-order valence-corrected chi connectivity index (χ2v) is 3.33. The number of hydrogen-bond donors (Lipinski definition) is 2. The van der Waals surface area contributed by atoms with Crippen molar-refractivity contribution in [1.29, 1.82) is 0 Å². The van der Waals surface area contributed by atoms with Gasteiger partial charge in [0.05, 0.1) is 0 Å². The zero-order valence-corrected chi connectivity index (χ0v) is 7.76. The number of aliphatic hydroxyl groups is 1. The Hall–Kier alpha value is -1.35. The van der Waals surface area contributed by atoms with Gasteiger partial charge in [0.2, 0.25) is 0 Å². The van der Waals surface area contributed by atoms with E-state index < -0.39 is 0 Å². The van der Waals surface area contributed by atoms with E-state index in [0.29, 0.717) is 12.8 Å². The van der Waals surface area contributed by atoms with E-state index in [1.807, 2.05) is 6.07 Å². The number of H-pyrrole nitrogens is 1. The van der Waals surface area contributed by atoms with Crippen LogP contribution in [0.15, 0.2) is 24.4 Å². The summed E-state index contributed by atoms with van der Waals surface area (Å²) < 4.78 is 13.1. The van der Waals surface area contributed by atoms with Crippen molar-refractivity contribution in [3.05, 3.63) is 35.8 Å². The quantitative estimate of drug-likeness (QED) is 0.770. The van der Waals surface area contributed by atoms with E-state index in [2.05, 4.69) is 4.98 Å². The maximum Gasteiger partial charge on any atom is 0.124 e. The first-order valence-corrected chi connectivity index (χ1v) is 4.67. The van der Waals surface area contributed by atoms with E-state index in [0.717, 1.165) is 16.5 Å². The summed E-state index contributed by atoms with van der Waals surface area (Å²) in [6.07, 6.45) is 3.16. The molecular weight excluding hydrogens is 181 g/mol. The van der Waals surface area contributed by atoms with Crippen molar-refractivity contribution in [2.24, 2.45) is 0 Å². The molecule has 0 bridgehead atoms. The van der Waals surface area contributed by atoms with Crippen molar-refractivity contribution in [2.45, 2.75) is 12.8 Å². The summed E-state index contributed by atoms with van der Waals surface area (Å²) >= 11 is 0. The molecule has 1 aromatic heterocycles. The predicted molar refractivity (Wildman–Crippen MR) is 53.7 cm³/mol. The molecule has 0 spiro atoms. The molecule has 0 aliphatic carbocycles. The molecule has 0 saturated heterocycles. The molecule has 0 radical (unpaired) electrons. The zero-order chi connectivity index (χ0) is 9.97. The minimum atomic E-state index is -0.218. The summed E-state index contributed by atoms with van der Waals surface area (Å²) in [5.41, 5.74) is 1.90. The minimum Gasteiger partial charge on any atom is -0.396 e. The van der Waals surface area contributed by atoms with E-state index in [-0.39, 0.29) is 12.4 Å². The molecule has 0 saturated carbocycles. The summed E-state index contributed by atoms with van der Waals surface area (Å²) in [4.78, 5) is 3.08. The van der Waals surface area contributed by atoms with Crippen LogP contribution in [0.25, 0.3) is 10.9 Å². The number of rotatable bonds is 3. The lowest BCUT2D eigenvalue weighted by molar-refractivity contribution is 0.288. The fourth-order valence-electron chi connectivity index (χ4n) is 1.68. The highest BCUT2D eigenvalue weighted by atomic mass is 19.1. The van der Waals surface area contributed by atoms with Crippen molar-refractivity contribution in [3.8, 4) is 0 Å². The van der Waals surface area contributed by atoms with Gasteiger partial charge in [0.25, 0.3) is 0 Å². The van der Waals surface area contributed by atoms with Gasteiger partial charge in [0, 0.05) is 23.7 Å². The Labute approximate surface area is 81.4 Å². The van der Waals surface area contributed by atoms with Gasteiger partial charge in [-0.15, -0.1) is 0 Å². The standard InChI is InChI=1S/C11H12FNO/c12-10-6-8(2-1-5-14)11-9(7-10)3-4-13-11/h3-4,6-7,13-14H,1-2,5H2. The van der Waals surface area contributed by atoms with Crippen LogP contribution in [0.3, 0.4) is 0 Å². The third kappa shape index (κ3) is 1.63. The molecule has 2 aromatic rings. The molecule has 2 rings (SSSR count). The molecular formula is C11H12FNO. The van der Waals surface area contributed by atoms with Crippen molar-refractivity contribution in [3.63, 3.8) is 0 Å². The monoisotopic (exact) mass is 193 g/mol. The van der Waals surface area contributed by atoms with Crippen LogP contribution in [0, 0.1) is 5.82 Å². The van der Waals surface area contributed by atoms with Gasteiger partial charge >= 0.3 is 0 Å². The minimum absolute atomic E-state index is 0.138. The predicted octanol–water partition coefficient (Wildman–Crippen LogP) is 2.23. The number of aliphatic hydroxyl groups excluding tert-OH is 1. The molecule has 0 amide bonds. The number of aromatic amines is 1. The third-order valence-corrected chi connectivity index (χ3v) is 2.31. The molecule has 1 aromatic carbocycles. The second kappa shape index (κ2) is 3.80. The van der Waals surface area contributed by atoms with Crippen LogP contribution in [0.4, 0.5) is 4.39 Å². The smallest absolute Gasteiger partial charge is 0.124 e. The normalized spacial score (nSPS) is 11.0. The van der Waals surface area contributed by atoms with Gasteiger partial charge in [-0.05, 0) is 36.6 Å². The largest absolute Gasteiger partial charge is 0.396 e. The Bertz CT molecular complexity index is 436. The molecule has 0 aliphatic rings. The highest BCUT2D eigenvalue weighted by Crippen LogP contribution is 2.20. The van der Waals surface area contributed by atoms with Crippen LogP contribution in [0.2, 0.25) is 0 Å². The summed E-state index contributed by atoms with van der Waals surface area (Å²) in [5.74, 6) is -0.218. The van der Waals surface area contributed by atoms with E-state index >= 15 is 0 Å². The molecule has 3 heteroatoms. The van der Waals surface area contributed by atoms with Crippen LogP contribution >= 0.6 is 0 Å². The highest BCUT2D eigenvalue weighted by Gasteiger charge is 2.04. The Kier molecular flexibility index (Phi) is 2.50. The fourth-order valence-corrected chi connectivity index (χ4v) is 1.68. The van der Waals surface area contributed by atoms with E-state index in [4.69, 9.17) is 5.11 Å². The van der Waals surface area contributed by atoms with Gasteiger partial charge in [-0.3, -0.25) is 0 Å². The number of aromatic nitrogens is 1. The first kappa shape index (κ1) is 9.21.